The number of rotatable bonds is 4. The van der Waals surface area contributed by atoms with Crippen molar-refractivity contribution in [3.8, 4) is 5.75 Å². The molecular weight excluding hydrogens is 350 g/mol. The lowest BCUT2D eigenvalue weighted by Gasteiger charge is -2.34. The van der Waals surface area contributed by atoms with Gasteiger partial charge in [0.05, 0.1) is 19.4 Å². The summed E-state index contributed by atoms with van der Waals surface area (Å²) in [5, 5.41) is 9.20. The molecule has 1 saturated heterocycles. The van der Waals surface area contributed by atoms with Gasteiger partial charge in [-0.3, -0.25) is 9.59 Å². The molecule has 1 amide bonds. The summed E-state index contributed by atoms with van der Waals surface area (Å²) in [7, 11) is 1.58. The molecule has 2 unspecified atom stereocenters. The number of methoxy groups -OCH3 is 1. The van der Waals surface area contributed by atoms with E-state index >= 15 is 0 Å². The second-order valence-electron chi connectivity index (χ2n) is 5.81. The molecule has 0 radical (unpaired) electrons. The van der Waals surface area contributed by atoms with E-state index in [4.69, 9.17) is 4.74 Å². The number of carbonyl (C=O) groups is 2. The Morgan fingerprint density at radius 2 is 2.14 bits per heavy atom. The van der Waals surface area contributed by atoms with Gasteiger partial charge >= 0.3 is 5.97 Å². The van der Waals surface area contributed by atoms with Gasteiger partial charge in [-0.1, -0.05) is 22.9 Å². The van der Waals surface area contributed by atoms with Crippen molar-refractivity contribution in [1.82, 2.24) is 4.90 Å². The molecule has 1 heterocycles. The number of carbonyl (C=O) groups excluding carboxylic acids is 1. The number of piperidine rings is 1. The third kappa shape index (κ3) is 4.00. The molecule has 0 spiro atoms. The second kappa shape index (κ2) is 7.13. The van der Waals surface area contributed by atoms with Gasteiger partial charge in [0.15, 0.2) is 0 Å². The molecule has 0 bridgehead atoms. The maximum atomic E-state index is 12.5. The van der Waals surface area contributed by atoms with E-state index in [0.29, 0.717) is 25.3 Å². The molecule has 0 aliphatic carbocycles. The molecule has 6 heteroatoms. The van der Waals surface area contributed by atoms with Crippen LogP contribution in [0.3, 0.4) is 0 Å². The minimum Gasteiger partial charge on any atom is -0.497 e. The van der Waals surface area contributed by atoms with Gasteiger partial charge in [-0.05, 0) is 36.1 Å². The minimum absolute atomic E-state index is 0.0493. The number of amides is 1. The number of carboxylic acid groups (broad SMARTS) is 1. The molecule has 0 aromatic heterocycles. The number of nitrogens with zero attached hydrogens (tertiary/aromatic N) is 1. The number of likely N-dealkylation sites (tertiary alicyclic amines) is 1. The first-order valence-corrected chi connectivity index (χ1v) is 8.03. The number of ether oxygens (including phenoxy) is 1. The quantitative estimate of drug-likeness (QED) is 0.885. The molecule has 0 saturated carbocycles. The van der Waals surface area contributed by atoms with Gasteiger partial charge in [-0.15, -0.1) is 0 Å². The molecular formula is C16H20BrNO4. The van der Waals surface area contributed by atoms with Crippen LogP contribution >= 0.6 is 15.9 Å². The topological polar surface area (TPSA) is 66.8 Å². The Bertz CT molecular complexity index is 575. The first-order chi connectivity index (χ1) is 10.4. The van der Waals surface area contributed by atoms with Gasteiger partial charge < -0.3 is 14.7 Å². The zero-order chi connectivity index (χ0) is 16.3. The van der Waals surface area contributed by atoms with Gasteiger partial charge in [-0.2, -0.15) is 0 Å². The Morgan fingerprint density at radius 1 is 1.41 bits per heavy atom. The van der Waals surface area contributed by atoms with Gasteiger partial charge in [-0.25, -0.2) is 0 Å². The maximum absolute atomic E-state index is 12.5. The summed E-state index contributed by atoms with van der Waals surface area (Å²) in [5.74, 6) is -0.450. The van der Waals surface area contributed by atoms with Crippen LogP contribution in [0.5, 0.6) is 5.75 Å². The van der Waals surface area contributed by atoms with Crippen molar-refractivity contribution < 1.29 is 19.4 Å². The highest BCUT2D eigenvalue weighted by Crippen LogP contribution is 2.26. The first kappa shape index (κ1) is 16.8. The Balaban J connectivity index is 2.09. The summed E-state index contributed by atoms with van der Waals surface area (Å²) in [6.45, 7) is 2.89. The Hall–Kier alpha value is -1.56. The van der Waals surface area contributed by atoms with Gasteiger partial charge in [0, 0.05) is 17.6 Å². The minimum atomic E-state index is -0.827. The van der Waals surface area contributed by atoms with Crippen molar-refractivity contribution in [2.24, 2.45) is 11.8 Å². The average molecular weight is 370 g/mol. The fraction of sp³-hybridized carbons (Fsp3) is 0.500. The molecule has 2 atom stereocenters. The molecule has 1 aromatic carbocycles. The van der Waals surface area contributed by atoms with Gasteiger partial charge in [0.2, 0.25) is 5.91 Å². The summed E-state index contributed by atoms with van der Waals surface area (Å²) >= 11 is 3.44. The highest BCUT2D eigenvalue weighted by atomic mass is 79.9. The number of hydrogen-bond donors (Lipinski definition) is 1. The van der Waals surface area contributed by atoms with Gasteiger partial charge in [0.1, 0.15) is 5.75 Å². The number of aliphatic carboxylic acids is 1. The lowest BCUT2D eigenvalue weighted by molar-refractivity contribution is -0.146. The van der Waals surface area contributed by atoms with Crippen molar-refractivity contribution in [2.45, 2.75) is 19.8 Å². The van der Waals surface area contributed by atoms with E-state index in [0.717, 1.165) is 10.0 Å². The van der Waals surface area contributed by atoms with E-state index in [9.17, 15) is 14.7 Å². The van der Waals surface area contributed by atoms with E-state index in [2.05, 4.69) is 15.9 Å². The monoisotopic (exact) mass is 369 g/mol. The van der Waals surface area contributed by atoms with Crippen molar-refractivity contribution >= 4 is 27.8 Å². The molecule has 5 nitrogen and oxygen atoms in total. The fourth-order valence-corrected chi connectivity index (χ4v) is 3.21. The SMILES string of the molecule is COc1ccc(Br)c(CC(=O)N2CC(C)CC(C(=O)O)C2)c1. The Morgan fingerprint density at radius 3 is 2.77 bits per heavy atom. The standard InChI is InChI=1S/C16H20BrNO4/c1-10-5-12(16(20)21)9-18(8-10)15(19)7-11-6-13(22-2)3-4-14(11)17/h3-4,6,10,12H,5,7-9H2,1-2H3,(H,20,21). The molecule has 1 aliphatic rings. The van der Waals surface area contributed by atoms with Crippen molar-refractivity contribution in [3.05, 3.63) is 28.2 Å². The maximum Gasteiger partial charge on any atom is 0.308 e. The summed E-state index contributed by atoms with van der Waals surface area (Å²) in [6, 6.07) is 5.49. The van der Waals surface area contributed by atoms with E-state index in [1.807, 2.05) is 25.1 Å². The summed E-state index contributed by atoms with van der Waals surface area (Å²) in [5.41, 5.74) is 0.842. The van der Waals surface area contributed by atoms with Crippen LogP contribution in [0.15, 0.2) is 22.7 Å². The molecule has 120 valence electrons. The first-order valence-electron chi connectivity index (χ1n) is 7.23. The van der Waals surface area contributed by atoms with Crippen molar-refractivity contribution in [2.75, 3.05) is 20.2 Å². The lowest BCUT2D eigenvalue weighted by Crippen LogP contribution is -2.46. The highest BCUT2D eigenvalue weighted by molar-refractivity contribution is 9.10. The van der Waals surface area contributed by atoms with Crippen molar-refractivity contribution in [1.29, 1.82) is 0 Å². The summed E-state index contributed by atoms with van der Waals surface area (Å²) < 4.78 is 6.03. The van der Waals surface area contributed by atoms with Crippen LogP contribution in [0, 0.1) is 11.8 Å². The Kier molecular flexibility index (Phi) is 5.45. The molecule has 22 heavy (non-hydrogen) atoms. The third-order valence-corrected chi connectivity index (χ3v) is 4.73. The van der Waals surface area contributed by atoms with Crippen LogP contribution in [-0.2, 0) is 16.0 Å². The number of halogens is 1. The summed E-state index contributed by atoms with van der Waals surface area (Å²) in [4.78, 5) is 25.4. The molecule has 1 N–H and O–H groups in total. The second-order valence-corrected chi connectivity index (χ2v) is 6.66. The smallest absolute Gasteiger partial charge is 0.308 e. The third-order valence-electron chi connectivity index (χ3n) is 3.96. The van der Waals surface area contributed by atoms with Crippen LogP contribution in [-0.4, -0.2) is 42.1 Å². The van der Waals surface area contributed by atoms with E-state index in [1.165, 1.54) is 0 Å². The Labute approximate surface area is 138 Å². The van der Waals surface area contributed by atoms with E-state index in [1.54, 1.807) is 12.0 Å². The number of carboxylic acids is 1. The van der Waals surface area contributed by atoms with E-state index < -0.39 is 11.9 Å². The fourth-order valence-electron chi connectivity index (χ4n) is 2.82. The molecule has 1 aliphatic heterocycles. The largest absolute Gasteiger partial charge is 0.497 e. The molecule has 2 rings (SSSR count). The highest BCUT2D eigenvalue weighted by Gasteiger charge is 2.31. The molecule has 1 aromatic rings. The van der Waals surface area contributed by atoms with Crippen LogP contribution in [0.2, 0.25) is 0 Å². The van der Waals surface area contributed by atoms with Crippen LogP contribution < -0.4 is 4.74 Å². The van der Waals surface area contributed by atoms with Gasteiger partial charge in [0.25, 0.3) is 0 Å². The normalized spacial score (nSPS) is 21.5. The number of hydrogen-bond acceptors (Lipinski definition) is 3. The van der Waals surface area contributed by atoms with Crippen molar-refractivity contribution in [3.63, 3.8) is 0 Å². The molecule has 1 fully saturated rings. The van der Waals surface area contributed by atoms with E-state index in [-0.39, 0.29) is 18.2 Å². The number of benzene rings is 1. The summed E-state index contributed by atoms with van der Waals surface area (Å²) in [6.07, 6.45) is 0.860. The van der Waals surface area contributed by atoms with Crippen LogP contribution in [0.25, 0.3) is 0 Å². The predicted molar refractivity (Wildman–Crippen MR) is 85.9 cm³/mol. The van der Waals surface area contributed by atoms with Crippen LogP contribution in [0.1, 0.15) is 18.9 Å². The zero-order valence-corrected chi connectivity index (χ0v) is 14.3. The van der Waals surface area contributed by atoms with Crippen LogP contribution in [0.4, 0.5) is 0 Å². The zero-order valence-electron chi connectivity index (χ0n) is 12.7. The lowest BCUT2D eigenvalue weighted by atomic mass is 9.90. The predicted octanol–water partition coefficient (Wildman–Crippen LogP) is 2.57. The average Bonchev–Trinajstić information content (AvgIpc) is 2.48.